The zero-order chi connectivity index (χ0) is 11.1. The first-order valence-corrected chi connectivity index (χ1v) is 6.28. The van der Waals surface area contributed by atoms with E-state index < -0.39 is 0 Å². The number of furan rings is 1. The Labute approximate surface area is 102 Å². The first kappa shape index (κ1) is 10.4. The van der Waals surface area contributed by atoms with Gasteiger partial charge in [-0.2, -0.15) is 0 Å². The summed E-state index contributed by atoms with van der Waals surface area (Å²) in [6.07, 6.45) is 1.54. The Morgan fingerprint density at radius 3 is 2.69 bits per heavy atom. The van der Waals surface area contributed by atoms with Crippen LogP contribution in [0, 0.1) is 11.8 Å². The average Bonchev–Trinajstić information content (AvgIpc) is 2.89. The summed E-state index contributed by atoms with van der Waals surface area (Å²) in [7, 11) is 0. The SMILES string of the molecule is O=C(c1ccoc1Br)N1CC2CNCC2C1. The molecular formula is C11H13BrN2O2. The minimum absolute atomic E-state index is 0.0787. The van der Waals surface area contributed by atoms with Gasteiger partial charge in [-0.05, 0) is 33.8 Å². The molecule has 2 saturated heterocycles. The summed E-state index contributed by atoms with van der Waals surface area (Å²) in [5, 5.41) is 3.36. The van der Waals surface area contributed by atoms with Gasteiger partial charge in [-0.15, -0.1) is 0 Å². The second kappa shape index (κ2) is 3.89. The van der Waals surface area contributed by atoms with Crippen LogP contribution in [0.2, 0.25) is 0 Å². The molecule has 3 heterocycles. The highest BCUT2D eigenvalue weighted by atomic mass is 79.9. The molecule has 2 unspecified atom stereocenters. The number of nitrogens with one attached hydrogen (secondary N) is 1. The Hall–Kier alpha value is -0.810. The summed E-state index contributed by atoms with van der Waals surface area (Å²) in [6.45, 7) is 3.82. The average molecular weight is 285 g/mol. The minimum Gasteiger partial charge on any atom is -0.457 e. The molecule has 16 heavy (non-hydrogen) atoms. The van der Waals surface area contributed by atoms with Crippen LogP contribution in [0.15, 0.2) is 21.4 Å². The molecule has 0 aliphatic carbocycles. The molecule has 3 rings (SSSR count). The van der Waals surface area contributed by atoms with E-state index in [4.69, 9.17) is 4.42 Å². The summed E-state index contributed by atoms with van der Waals surface area (Å²) in [6, 6.07) is 1.72. The number of likely N-dealkylation sites (tertiary alicyclic amines) is 1. The highest BCUT2D eigenvalue weighted by Gasteiger charge is 2.38. The van der Waals surface area contributed by atoms with Crippen LogP contribution in [0.25, 0.3) is 0 Å². The highest BCUT2D eigenvalue weighted by Crippen LogP contribution is 2.29. The molecule has 4 nitrogen and oxygen atoms in total. The van der Waals surface area contributed by atoms with Crippen LogP contribution in [0.1, 0.15) is 10.4 Å². The second-order valence-corrected chi connectivity index (χ2v) is 5.22. The van der Waals surface area contributed by atoms with Gasteiger partial charge in [0.1, 0.15) is 0 Å². The van der Waals surface area contributed by atoms with Gasteiger partial charge in [-0.3, -0.25) is 4.79 Å². The van der Waals surface area contributed by atoms with Gasteiger partial charge in [0.05, 0.1) is 11.8 Å². The maximum Gasteiger partial charge on any atom is 0.258 e. The van der Waals surface area contributed by atoms with Crippen molar-refractivity contribution >= 4 is 21.8 Å². The fraction of sp³-hybridized carbons (Fsp3) is 0.545. The van der Waals surface area contributed by atoms with Crippen LogP contribution in [0.4, 0.5) is 0 Å². The molecule has 1 N–H and O–H groups in total. The molecule has 0 saturated carbocycles. The number of amides is 1. The molecule has 2 aliphatic heterocycles. The summed E-state index contributed by atoms with van der Waals surface area (Å²) in [4.78, 5) is 14.1. The van der Waals surface area contributed by atoms with Crippen LogP contribution in [-0.2, 0) is 0 Å². The number of nitrogens with zero attached hydrogens (tertiary/aromatic N) is 1. The van der Waals surface area contributed by atoms with Crippen molar-refractivity contribution in [1.29, 1.82) is 0 Å². The van der Waals surface area contributed by atoms with Gasteiger partial charge >= 0.3 is 0 Å². The molecule has 1 aromatic rings. The topological polar surface area (TPSA) is 45.5 Å². The van der Waals surface area contributed by atoms with Gasteiger partial charge in [0.25, 0.3) is 5.91 Å². The summed E-state index contributed by atoms with van der Waals surface area (Å²) >= 11 is 3.25. The van der Waals surface area contributed by atoms with E-state index in [2.05, 4.69) is 21.2 Å². The van der Waals surface area contributed by atoms with E-state index in [9.17, 15) is 4.79 Å². The number of carbonyl (C=O) groups is 1. The Morgan fingerprint density at radius 2 is 2.12 bits per heavy atom. The largest absolute Gasteiger partial charge is 0.457 e. The third-order valence-electron chi connectivity index (χ3n) is 3.53. The number of hydrogen-bond acceptors (Lipinski definition) is 3. The van der Waals surface area contributed by atoms with E-state index in [1.165, 1.54) is 6.26 Å². The monoisotopic (exact) mass is 284 g/mol. The molecule has 86 valence electrons. The van der Waals surface area contributed by atoms with Crippen molar-refractivity contribution in [3.8, 4) is 0 Å². The molecule has 1 amide bonds. The van der Waals surface area contributed by atoms with E-state index in [1.807, 2.05) is 4.90 Å². The van der Waals surface area contributed by atoms with Crippen LogP contribution in [0.5, 0.6) is 0 Å². The molecule has 0 aromatic carbocycles. The Kier molecular flexibility index (Phi) is 2.52. The summed E-state index contributed by atoms with van der Waals surface area (Å²) in [5.41, 5.74) is 0.632. The van der Waals surface area contributed by atoms with E-state index >= 15 is 0 Å². The molecule has 0 radical (unpaired) electrons. The van der Waals surface area contributed by atoms with Crippen molar-refractivity contribution in [2.24, 2.45) is 11.8 Å². The normalized spacial score (nSPS) is 28.4. The first-order valence-electron chi connectivity index (χ1n) is 5.48. The molecule has 5 heteroatoms. The first-order chi connectivity index (χ1) is 7.75. The molecule has 0 spiro atoms. The lowest BCUT2D eigenvalue weighted by molar-refractivity contribution is 0.0779. The maximum atomic E-state index is 12.2. The molecule has 2 atom stereocenters. The van der Waals surface area contributed by atoms with Crippen LogP contribution in [-0.4, -0.2) is 37.0 Å². The van der Waals surface area contributed by atoms with Gasteiger partial charge in [0.2, 0.25) is 0 Å². The van der Waals surface area contributed by atoms with Crippen molar-refractivity contribution in [3.63, 3.8) is 0 Å². The lowest BCUT2D eigenvalue weighted by atomic mass is 10.0. The molecule has 0 bridgehead atoms. The molecule has 1 aromatic heterocycles. The predicted octanol–water partition coefficient (Wildman–Crippen LogP) is 1.33. The fourth-order valence-electron chi connectivity index (χ4n) is 2.64. The number of rotatable bonds is 1. The van der Waals surface area contributed by atoms with Gasteiger partial charge in [-0.1, -0.05) is 0 Å². The summed E-state index contributed by atoms with van der Waals surface area (Å²) in [5.74, 6) is 1.35. The Morgan fingerprint density at radius 1 is 1.44 bits per heavy atom. The molecule has 2 aliphatic rings. The van der Waals surface area contributed by atoms with Crippen LogP contribution < -0.4 is 5.32 Å². The third kappa shape index (κ3) is 1.58. The third-order valence-corrected chi connectivity index (χ3v) is 4.14. The van der Waals surface area contributed by atoms with Crippen LogP contribution in [0.3, 0.4) is 0 Å². The summed E-state index contributed by atoms with van der Waals surface area (Å²) < 4.78 is 5.63. The van der Waals surface area contributed by atoms with Gasteiger partial charge < -0.3 is 14.6 Å². The quantitative estimate of drug-likeness (QED) is 0.846. The van der Waals surface area contributed by atoms with Crippen LogP contribution >= 0.6 is 15.9 Å². The van der Waals surface area contributed by atoms with Crippen molar-refractivity contribution in [2.45, 2.75) is 0 Å². The number of fused-ring (bicyclic) bond motifs is 1. The smallest absolute Gasteiger partial charge is 0.258 e. The van der Waals surface area contributed by atoms with Gasteiger partial charge in [0, 0.05) is 26.2 Å². The van der Waals surface area contributed by atoms with E-state index in [-0.39, 0.29) is 5.91 Å². The molecular weight excluding hydrogens is 272 g/mol. The van der Waals surface area contributed by atoms with Crippen molar-refractivity contribution in [2.75, 3.05) is 26.2 Å². The zero-order valence-corrected chi connectivity index (χ0v) is 10.4. The van der Waals surface area contributed by atoms with E-state index in [0.717, 1.165) is 26.2 Å². The Balaban J connectivity index is 1.75. The zero-order valence-electron chi connectivity index (χ0n) is 8.78. The van der Waals surface area contributed by atoms with Crippen molar-refractivity contribution < 1.29 is 9.21 Å². The Bertz CT molecular complexity index is 406. The van der Waals surface area contributed by atoms with Crippen molar-refractivity contribution in [1.82, 2.24) is 10.2 Å². The lowest BCUT2D eigenvalue weighted by Crippen LogP contribution is -2.31. The number of carbonyl (C=O) groups excluding carboxylic acids is 1. The lowest BCUT2D eigenvalue weighted by Gasteiger charge is -2.16. The maximum absolute atomic E-state index is 12.2. The predicted molar refractivity (Wildman–Crippen MR) is 62.2 cm³/mol. The second-order valence-electron chi connectivity index (χ2n) is 4.50. The minimum atomic E-state index is 0.0787. The number of hydrogen-bond donors (Lipinski definition) is 1. The van der Waals surface area contributed by atoms with E-state index in [0.29, 0.717) is 22.1 Å². The van der Waals surface area contributed by atoms with Gasteiger partial charge in [0.15, 0.2) is 4.67 Å². The molecule has 2 fully saturated rings. The standard InChI is InChI=1S/C11H13BrN2O2/c12-10-9(1-2-16-10)11(15)14-5-7-3-13-4-8(7)6-14/h1-2,7-8,13H,3-6H2. The highest BCUT2D eigenvalue weighted by molar-refractivity contribution is 9.10. The van der Waals surface area contributed by atoms with Gasteiger partial charge in [-0.25, -0.2) is 0 Å². The fourth-order valence-corrected chi connectivity index (χ4v) is 3.05. The van der Waals surface area contributed by atoms with Crippen molar-refractivity contribution in [3.05, 3.63) is 22.6 Å². The number of halogens is 1. The van der Waals surface area contributed by atoms with E-state index in [1.54, 1.807) is 6.07 Å².